The smallest absolute Gasteiger partial charge is 0.178 e. The first-order valence-electron chi connectivity index (χ1n) is 12.7. The molecular weight excluding hydrogens is 448 g/mol. The molecule has 192 valence electrons. The van der Waals surface area contributed by atoms with Gasteiger partial charge in [-0.15, -0.1) is 13.2 Å². The van der Waals surface area contributed by atoms with Gasteiger partial charge in [0, 0.05) is 17.9 Å². The van der Waals surface area contributed by atoms with E-state index in [2.05, 4.69) is 45.0 Å². The van der Waals surface area contributed by atoms with E-state index < -0.39 is 6.29 Å². The number of rotatable bonds is 8. The fourth-order valence-electron chi connectivity index (χ4n) is 4.21. The lowest BCUT2D eigenvalue weighted by molar-refractivity contribution is -0.148. The number of para-hydroxylation sites is 2. The number of aromatic amines is 1. The van der Waals surface area contributed by atoms with Gasteiger partial charge in [0.05, 0.1) is 23.7 Å². The van der Waals surface area contributed by atoms with E-state index in [1.165, 1.54) is 11.1 Å². The second-order valence-corrected chi connectivity index (χ2v) is 10.1. The standard InChI is InChI=1S/C22H24N2O3.C9H16/c1-13(2)8-9-26-21-12-16(15-11-19(25)14(3)10-20(15)27-21)22-23-17-6-4-5-7-18(17)24-22;1-8(2)6-5-7-9(3)4/h4-7,10,12,15,20-21H,1,8-9,11H2,2-3H3,(H,23,24);7H,1,5-6H2,2-4H3/t15-,20?,21?;/m1./s1. The Morgan fingerprint density at radius 2 is 1.86 bits per heavy atom. The minimum Gasteiger partial charge on any atom is -0.349 e. The fourth-order valence-corrected chi connectivity index (χ4v) is 4.21. The van der Waals surface area contributed by atoms with Crippen LogP contribution in [0.4, 0.5) is 0 Å². The zero-order valence-corrected chi connectivity index (χ0v) is 22.4. The molecule has 1 aromatic carbocycles. The molecule has 0 saturated carbocycles. The molecule has 1 N–H and O–H groups in total. The molecular formula is C31H40N2O3. The Hall–Kier alpha value is -3.02. The molecule has 2 aromatic rings. The SMILES string of the molecule is C=C(C)CCC=C(C)C.C=C(C)CCOC1C=C(c2nc3ccccc3[nH]2)[C@H]2CC(=O)C(C)=CC2O1. The van der Waals surface area contributed by atoms with E-state index in [9.17, 15) is 4.79 Å². The first-order chi connectivity index (χ1) is 17.1. The fraction of sp³-hybridized carbons (Fsp3) is 0.419. The molecule has 0 fully saturated rings. The molecule has 0 bridgehead atoms. The number of H-pyrrole nitrogens is 1. The Balaban J connectivity index is 0.000000345. The number of hydrogen-bond donors (Lipinski definition) is 1. The van der Waals surface area contributed by atoms with Crippen LogP contribution in [0, 0.1) is 5.92 Å². The van der Waals surface area contributed by atoms with Crippen LogP contribution in [0.5, 0.6) is 0 Å². The molecule has 5 nitrogen and oxygen atoms in total. The number of carbonyl (C=O) groups is 1. The first-order valence-corrected chi connectivity index (χ1v) is 12.7. The van der Waals surface area contributed by atoms with E-state index in [1.54, 1.807) is 0 Å². The molecule has 5 heteroatoms. The van der Waals surface area contributed by atoms with E-state index >= 15 is 0 Å². The number of aromatic nitrogens is 2. The van der Waals surface area contributed by atoms with Crippen LogP contribution in [0.1, 0.15) is 66.1 Å². The van der Waals surface area contributed by atoms with E-state index in [1.807, 2.05) is 50.3 Å². The Kier molecular flexibility index (Phi) is 9.80. The number of fused-ring (bicyclic) bond motifs is 2. The third-order valence-electron chi connectivity index (χ3n) is 6.26. The van der Waals surface area contributed by atoms with Crippen molar-refractivity contribution in [1.82, 2.24) is 9.97 Å². The lowest BCUT2D eigenvalue weighted by atomic mass is 9.80. The largest absolute Gasteiger partial charge is 0.349 e. The topological polar surface area (TPSA) is 64.2 Å². The summed E-state index contributed by atoms with van der Waals surface area (Å²) in [6.07, 6.45) is 8.96. The predicted octanol–water partition coefficient (Wildman–Crippen LogP) is 7.50. The van der Waals surface area contributed by atoms with Gasteiger partial charge in [0.1, 0.15) is 5.82 Å². The van der Waals surface area contributed by atoms with Crippen LogP contribution in [0.3, 0.4) is 0 Å². The number of nitrogens with zero attached hydrogens (tertiary/aromatic N) is 1. The van der Waals surface area contributed by atoms with Crippen LogP contribution in [-0.4, -0.2) is 34.8 Å². The van der Waals surface area contributed by atoms with Crippen LogP contribution >= 0.6 is 0 Å². The summed E-state index contributed by atoms with van der Waals surface area (Å²) in [4.78, 5) is 20.4. The van der Waals surface area contributed by atoms with Crippen LogP contribution in [-0.2, 0) is 14.3 Å². The average Bonchev–Trinajstić information content (AvgIpc) is 3.23. The number of benzene rings is 1. The summed E-state index contributed by atoms with van der Waals surface area (Å²) in [7, 11) is 0. The van der Waals surface area contributed by atoms with Crippen LogP contribution in [0.2, 0.25) is 0 Å². The van der Waals surface area contributed by atoms with Gasteiger partial charge in [-0.2, -0.15) is 0 Å². The number of ether oxygens (including phenoxy) is 2. The summed E-state index contributed by atoms with van der Waals surface area (Å²) in [5.41, 5.74) is 7.37. The van der Waals surface area contributed by atoms with E-state index in [-0.39, 0.29) is 17.8 Å². The number of hydrogen-bond acceptors (Lipinski definition) is 4. The average molecular weight is 489 g/mol. The van der Waals surface area contributed by atoms with Crippen molar-refractivity contribution >= 4 is 22.4 Å². The van der Waals surface area contributed by atoms with Crippen molar-refractivity contribution in [2.24, 2.45) is 5.92 Å². The minimum atomic E-state index is -0.467. The molecule has 1 aromatic heterocycles. The van der Waals surface area contributed by atoms with Gasteiger partial charge in [0.25, 0.3) is 0 Å². The highest BCUT2D eigenvalue weighted by Gasteiger charge is 2.38. The number of allylic oxidation sites excluding steroid dienone is 4. The van der Waals surface area contributed by atoms with Crippen LogP contribution in [0.15, 0.2) is 77.9 Å². The highest BCUT2D eigenvalue weighted by Crippen LogP contribution is 2.39. The van der Waals surface area contributed by atoms with Gasteiger partial charge in [-0.1, -0.05) is 34.9 Å². The zero-order chi connectivity index (χ0) is 26.2. The third kappa shape index (κ3) is 7.74. The highest BCUT2D eigenvalue weighted by atomic mass is 16.7. The summed E-state index contributed by atoms with van der Waals surface area (Å²) in [6, 6.07) is 7.92. The highest BCUT2D eigenvalue weighted by molar-refractivity contribution is 5.97. The molecule has 0 spiro atoms. The molecule has 1 aliphatic carbocycles. The molecule has 2 unspecified atom stereocenters. The van der Waals surface area contributed by atoms with Gasteiger partial charge in [0.15, 0.2) is 12.1 Å². The number of nitrogens with one attached hydrogen (secondary N) is 1. The third-order valence-corrected chi connectivity index (χ3v) is 6.26. The van der Waals surface area contributed by atoms with Gasteiger partial charge in [0.2, 0.25) is 0 Å². The van der Waals surface area contributed by atoms with Crippen molar-refractivity contribution in [3.05, 3.63) is 83.8 Å². The Labute approximate surface area is 215 Å². The van der Waals surface area contributed by atoms with E-state index in [0.717, 1.165) is 52.8 Å². The second kappa shape index (κ2) is 12.8. The maximum Gasteiger partial charge on any atom is 0.178 e. The molecule has 0 radical (unpaired) electrons. The molecule has 3 atom stereocenters. The molecule has 2 heterocycles. The summed E-state index contributed by atoms with van der Waals surface area (Å²) in [6.45, 7) is 18.4. The lowest BCUT2D eigenvalue weighted by Gasteiger charge is -2.36. The number of ketones is 1. The Morgan fingerprint density at radius 3 is 2.53 bits per heavy atom. The van der Waals surface area contributed by atoms with Gasteiger partial charge >= 0.3 is 0 Å². The molecule has 0 saturated heterocycles. The van der Waals surface area contributed by atoms with Crippen molar-refractivity contribution in [3.8, 4) is 0 Å². The summed E-state index contributed by atoms with van der Waals surface area (Å²) in [5, 5.41) is 0. The summed E-state index contributed by atoms with van der Waals surface area (Å²) >= 11 is 0. The van der Waals surface area contributed by atoms with Gasteiger partial charge in [-0.05, 0) is 83.7 Å². The maximum absolute atomic E-state index is 12.3. The van der Waals surface area contributed by atoms with Gasteiger partial charge in [-0.3, -0.25) is 4.79 Å². The van der Waals surface area contributed by atoms with Gasteiger partial charge < -0.3 is 14.5 Å². The number of Topliss-reactive ketones (excluding diaryl/α,β-unsaturated/α-hetero) is 1. The molecule has 36 heavy (non-hydrogen) atoms. The first kappa shape index (κ1) is 27.6. The van der Waals surface area contributed by atoms with Crippen molar-refractivity contribution in [1.29, 1.82) is 0 Å². The monoisotopic (exact) mass is 488 g/mol. The van der Waals surface area contributed by atoms with Crippen LogP contribution < -0.4 is 0 Å². The van der Waals surface area contributed by atoms with E-state index in [0.29, 0.717) is 13.0 Å². The number of carbonyl (C=O) groups excluding carboxylic acids is 1. The molecule has 1 aliphatic heterocycles. The van der Waals surface area contributed by atoms with Crippen molar-refractivity contribution in [2.75, 3.05) is 6.61 Å². The van der Waals surface area contributed by atoms with Crippen molar-refractivity contribution in [3.63, 3.8) is 0 Å². The molecule has 2 aliphatic rings. The summed E-state index contributed by atoms with van der Waals surface area (Å²) in [5.74, 6) is 0.884. The van der Waals surface area contributed by atoms with Crippen molar-refractivity contribution < 1.29 is 14.3 Å². The van der Waals surface area contributed by atoms with E-state index in [4.69, 9.17) is 14.5 Å². The maximum atomic E-state index is 12.3. The second-order valence-electron chi connectivity index (χ2n) is 10.1. The van der Waals surface area contributed by atoms with Crippen LogP contribution in [0.25, 0.3) is 16.6 Å². The zero-order valence-electron chi connectivity index (χ0n) is 22.4. The quantitative estimate of drug-likeness (QED) is 0.391. The normalized spacial score (nSPS) is 21.0. The summed E-state index contributed by atoms with van der Waals surface area (Å²) < 4.78 is 12.0. The molecule has 4 rings (SSSR count). The predicted molar refractivity (Wildman–Crippen MR) is 148 cm³/mol. The van der Waals surface area contributed by atoms with Gasteiger partial charge in [-0.25, -0.2) is 4.98 Å². The number of imidazole rings is 1. The Morgan fingerprint density at radius 1 is 1.14 bits per heavy atom. The molecule has 0 amide bonds. The van der Waals surface area contributed by atoms with Crippen molar-refractivity contribution in [2.45, 2.75) is 72.7 Å². The Bertz CT molecular complexity index is 1160. The lowest BCUT2D eigenvalue weighted by Crippen LogP contribution is -2.38. The minimum absolute atomic E-state index is 0.0530.